The van der Waals surface area contributed by atoms with E-state index >= 15 is 0 Å². The predicted molar refractivity (Wildman–Crippen MR) is 159 cm³/mol. The third kappa shape index (κ3) is 4.64. The number of carbonyl (C=O) groups excluding carboxylic acids is 4. The minimum atomic E-state index is -2.76. The second-order valence-electron chi connectivity index (χ2n) is 11.5. The molecule has 3 aliphatic rings. The molecule has 2 aromatic carbocycles. The molecule has 2 aromatic rings. The number of primary amides is 1. The summed E-state index contributed by atoms with van der Waals surface area (Å²) in [4.78, 5) is 55.6. The first-order valence-electron chi connectivity index (χ1n) is 13.5. The van der Waals surface area contributed by atoms with E-state index in [1.807, 2.05) is 0 Å². The van der Waals surface area contributed by atoms with E-state index in [2.05, 4.69) is 5.32 Å². The van der Waals surface area contributed by atoms with Crippen LogP contribution < -0.4 is 20.7 Å². The van der Waals surface area contributed by atoms with E-state index in [-0.39, 0.29) is 35.4 Å². The maximum absolute atomic E-state index is 14.1. The number of hydrogen-bond donors (Lipinski definition) is 6. The zero-order valence-corrected chi connectivity index (χ0v) is 25.0. The summed E-state index contributed by atoms with van der Waals surface area (Å²) >= 11 is 5.87. The minimum absolute atomic E-state index is 0.0488. The van der Waals surface area contributed by atoms with E-state index in [1.165, 1.54) is 35.2 Å². The van der Waals surface area contributed by atoms with Crippen molar-refractivity contribution in [3.8, 4) is 11.5 Å². The van der Waals surface area contributed by atoms with E-state index in [0.29, 0.717) is 16.3 Å². The number of allylic oxidation sites excluding steroid dienone is 1. The van der Waals surface area contributed by atoms with Gasteiger partial charge in [-0.25, -0.2) is 4.79 Å². The van der Waals surface area contributed by atoms with Crippen molar-refractivity contribution in [3.63, 3.8) is 0 Å². The molecular formula is C30H31ClN4O9. The Hall–Kier alpha value is -4.59. The van der Waals surface area contributed by atoms with Crippen molar-refractivity contribution in [1.82, 2.24) is 4.90 Å². The lowest BCUT2D eigenvalue weighted by Crippen LogP contribution is -2.63. The zero-order chi connectivity index (χ0) is 32.4. The first-order valence-corrected chi connectivity index (χ1v) is 13.9. The van der Waals surface area contributed by atoms with E-state index in [9.17, 15) is 39.6 Å². The molecule has 44 heavy (non-hydrogen) atoms. The molecule has 5 rings (SSSR count). The number of aliphatic hydroxyl groups is 3. The Kier molecular flexibility index (Phi) is 7.60. The fraction of sp³-hybridized carbons (Fsp3) is 0.333. The number of nitrogens with two attached hydrogens (primary N) is 1. The number of nitrogens with zero attached hydrogens (tertiary/aromatic N) is 2. The number of phenolic OH excluding ortho intramolecular Hbond substituents is 1. The normalized spacial score (nSPS) is 24.5. The second-order valence-corrected chi connectivity index (χ2v) is 11.9. The maximum atomic E-state index is 14.1. The molecule has 232 valence electrons. The molecule has 0 saturated heterocycles. The van der Waals surface area contributed by atoms with Crippen molar-refractivity contribution >= 4 is 46.5 Å². The Morgan fingerprint density at radius 3 is 2.30 bits per heavy atom. The van der Waals surface area contributed by atoms with Gasteiger partial charge in [0.25, 0.3) is 5.91 Å². The average Bonchev–Trinajstić information content (AvgIpc) is 2.93. The van der Waals surface area contributed by atoms with Crippen LogP contribution in [0.2, 0.25) is 5.02 Å². The summed E-state index contributed by atoms with van der Waals surface area (Å²) in [5.41, 5.74) is 1.86. The summed E-state index contributed by atoms with van der Waals surface area (Å²) in [7, 11) is 6.51. The lowest BCUT2D eigenvalue weighted by Gasteiger charge is -2.50. The number of Topliss-reactive ketones (excluding diaryl/α,β-unsaturated/α-hetero) is 2. The second kappa shape index (κ2) is 10.8. The summed E-state index contributed by atoms with van der Waals surface area (Å²) in [6.45, 7) is 0. The van der Waals surface area contributed by atoms with Gasteiger partial charge in [-0.1, -0.05) is 11.6 Å². The fourth-order valence-electron chi connectivity index (χ4n) is 6.54. The number of ketones is 2. The SMILES string of the molecule is CN(C)c1cc(NC(=O)Oc2ccc(Cl)cc2)c(O)c2c1C[C@H]1C[C@H]3[C@H](N(C)C)C(O)=C(C(N)=O)C(=O)[C@@]3(O)C(O)=C1C2=O. The van der Waals surface area contributed by atoms with Crippen molar-refractivity contribution in [2.24, 2.45) is 17.6 Å². The third-order valence-electron chi connectivity index (χ3n) is 8.44. The van der Waals surface area contributed by atoms with Gasteiger partial charge in [-0.05, 0) is 68.8 Å². The molecule has 0 radical (unpaired) electrons. The monoisotopic (exact) mass is 626 g/mol. The van der Waals surface area contributed by atoms with Crippen LogP contribution in [0.25, 0.3) is 0 Å². The lowest BCUT2D eigenvalue weighted by atomic mass is 9.58. The molecule has 0 fully saturated rings. The number of amides is 2. The molecule has 0 saturated carbocycles. The van der Waals surface area contributed by atoms with Crippen LogP contribution >= 0.6 is 11.6 Å². The molecule has 0 aliphatic heterocycles. The van der Waals surface area contributed by atoms with Crippen molar-refractivity contribution in [2.45, 2.75) is 24.5 Å². The van der Waals surface area contributed by atoms with Gasteiger partial charge in [0.1, 0.15) is 22.8 Å². The highest BCUT2D eigenvalue weighted by molar-refractivity contribution is 6.30. The summed E-state index contributed by atoms with van der Waals surface area (Å²) < 4.78 is 5.25. The lowest BCUT2D eigenvalue weighted by molar-refractivity contribution is -0.148. The highest BCUT2D eigenvalue weighted by Crippen LogP contribution is 2.54. The molecule has 0 aromatic heterocycles. The first kappa shape index (κ1) is 30.9. The number of rotatable bonds is 5. The third-order valence-corrected chi connectivity index (χ3v) is 8.69. The van der Waals surface area contributed by atoms with Crippen LogP contribution in [0.1, 0.15) is 22.3 Å². The molecule has 0 bridgehead atoms. The van der Waals surface area contributed by atoms with E-state index in [0.717, 1.165) is 0 Å². The summed E-state index contributed by atoms with van der Waals surface area (Å²) in [5, 5.41) is 48.3. The Labute approximate surface area is 256 Å². The molecule has 0 spiro atoms. The van der Waals surface area contributed by atoms with Crippen LogP contribution in [0.5, 0.6) is 11.5 Å². The number of phenols is 1. The fourth-order valence-corrected chi connectivity index (χ4v) is 6.66. The van der Waals surface area contributed by atoms with Gasteiger partial charge in [0.2, 0.25) is 5.78 Å². The van der Waals surface area contributed by atoms with Gasteiger partial charge < -0.3 is 35.8 Å². The molecule has 14 heteroatoms. The number of likely N-dealkylation sites (N-methyl/N-ethyl adjacent to an activating group) is 1. The Morgan fingerprint density at radius 2 is 1.73 bits per heavy atom. The Morgan fingerprint density at radius 1 is 1.09 bits per heavy atom. The van der Waals surface area contributed by atoms with Gasteiger partial charge in [-0.3, -0.25) is 24.6 Å². The smallest absolute Gasteiger partial charge is 0.417 e. The highest BCUT2D eigenvalue weighted by atomic mass is 35.5. The number of carbonyl (C=O) groups is 4. The van der Waals surface area contributed by atoms with Crippen molar-refractivity contribution in [3.05, 3.63) is 69.1 Å². The number of ether oxygens (including phenoxy) is 1. The van der Waals surface area contributed by atoms with Crippen molar-refractivity contribution in [1.29, 1.82) is 0 Å². The first-order chi connectivity index (χ1) is 20.6. The van der Waals surface area contributed by atoms with Crippen LogP contribution in [-0.2, 0) is 16.0 Å². The van der Waals surface area contributed by atoms with Crippen LogP contribution in [-0.4, -0.2) is 88.7 Å². The van der Waals surface area contributed by atoms with E-state index < -0.39 is 69.9 Å². The number of anilines is 2. The highest BCUT2D eigenvalue weighted by Gasteiger charge is 2.63. The average molecular weight is 627 g/mol. The number of benzene rings is 2. The molecule has 4 atom stereocenters. The molecular weight excluding hydrogens is 596 g/mol. The topological polar surface area (TPSA) is 203 Å². The van der Waals surface area contributed by atoms with Crippen molar-refractivity contribution in [2.75, 3.05) is 38.4 Å². The molecule has 13 nitrogen and oxygen atoms in total. The van der Waals surface area contributed by atoms with Gasteiger partial charge in [-0.15, -0.1) is 0 Å². The van der Waals surface area contributed by atoms with Gasteiger partial charge in [0.05, 0.1) is 17.3 Å². The summed E-state index contributed by atoms with van der Waals surface area (Å²) in [6, 6.07) is 6.34. The van der Waals surface area contributed by atoms with Crippen LogP contribution in [0.4, 0.5) is 16.2 Å². The van der Waals surface area contributed by atoms with E-state index in [4.69, 9.17) is 22.1 Å². The molecule has 3 aliphatic carbocycles. The predicted octanol–water partition coefficient (Wildman–Crippen LogP) is 2.45. The number of halogens is 1. The summed E-state index contributed by atoms with van der Waals surface area (Å²) in [6.07, 6.45) is -0.934. The Bertz CT molecular complexity index is 1680. The standard InChI is InChI=1S/C30H31ClN4O9/c1-34(2)18-11-17(33-29(42)44-14-7-5-13(31)6-8-14)23(36)20-15(18)9-12-10-16-22(35(3)4)25(38)21(28(32)41)27(40)30(16,43)26(39)19(12)24(20)37/h5-8,11-12,16,22,36,38-39,43H,9-10H2,1-4H3,(H2,32,41)(H,33,42)/t12-,16-,22-,30-/m0/s1. The molecule has 2 amide bonds. The number of hydrogen-bond acceptors (Lipinski definition) is 11. The Balaban J connectivity index is 1.62. The summed E-state index contributed by atoms with van der Waals surface area (Å²) in [5.74, 6) is -7.48. The number of nitrogens with one attached hydrogen (secondary N) is 1. The van der Waals surface area contributed by atoms with Crippen LogP contribution in [0, 0.1) is 11.8 Å². The van der Waals surface area contributed by atoms with Gasteiger partial charge in [-0.2, -0.15) is 0 Å². The molecule has 0 unspecified atom stereocenters. The van der Waals surface area contributed by atoms with Crippen molar-refractivity contribution < 1.29 is 44.3 Å². The molecule has 0 heterocycles. The quantitative estimate of drug-likeness (QED) is 0.210. The zero-order valence-electron chi connectivity index (χ0n) is 24.2. The number of aliphatic hydroxyl groups excluding tert-OH is 2. The van der Waals surface area contributed by atoms with E-state index in [1.54, 1.807) is 33.1 Å². The minimum Gasteiger partial charge on any atom is -0.510 e. The van der Waals surface area contributed by atoms with Crippen LogP contribution in [0.3, 0.4) is 0 Å². The van der Waals surface area contributed by atoms with Crippen LogP contribution in [0.15, 0.2) is 53.0 Å². The number of fused-ring (bicyclic) bond motifs is 3. The van der Waals surface area contributed by atoms with Gasteiger partial charge in [0.15, 0.2) is 17.1 Å². The van der Waals surface area contributed by atoms with Gasteiger partial charge >= 0.3 is 6.09 Å². The largest absolute Gasteiger partial charge is 0.510 e. The van der Waals surface area contributed by atoms with Gasteiger partial charge in [0, 0.05) is 36.3 Å². The maximum Gasteiger partial charge on any atom is 0.417 e. The number of aromatic hydroxyl groups is 1. The molecule has 7 N–H and O–H groups in total.